The summed E-state index contributed by atoms with van der Waals surface area (Å²) in [5, 5.41) is 17.6. The minimum Gasteiger partial charge on any atom is -0.396 e. The zero-order valence-electron chi connectivity index (χ0n) is 9.37. The van der Waals surface area contributed by atoms with Crippen molar-refractivity contribution in [3.05, 3.63) is 53.6 Å². The number of benzene rings is 1. The fourth-order valence-electron chi connectivity index (χ4n) is 1.69. The summed E-state index contributed by atoms with van der Waals surface area (Å²) in [6.45, 7) is 0.833. The van der Waals surface area contributed by atoms with Crippen molar-refractivity contribution in [2.75, 3.05) is 6.61 Å². The molecule has 0 aliphatic rings. The van der Waals surface area contributed by atoms with Crippen molar-refractivity contribution in [2.24, 2.45) is 0 Å². The number of hydrogen-bond acceptors (Lipinski definition) is 3. The van der Waals surface area contributed by atoms with E-state index in [0.29, 0.717) is 18.5 Å². The van der Waals surface area contributed by atoms with Crippen LogP contribution in [0.2, 0.25) is 0 Å². The normalized spacial score (nSPS) is 10.1. The van der Waals surface area contributed by atoms with Crippen LogP contribution in [0, 0.1) is 11.3 Å². The van der Waals surface area contributed by atoms with E-state index in [2.05, 4.69) is 11.1 Å². The monoisotopic (exact) mass is 227 g/mol. The SMILES string of the molecule is N#Cc1ccc(Cn2cncc2CCO)cc1. The summed E-state index contributed by atoms with van der Waals surface area (Å²) < 4.78 is 2.00. The molecule has 0 spiro atoms. The molecule has 2 rings (SSSR count). The lowest BCUT2D eigenvalue weighted by Gasteiger charge is -2.07. The number of aliphatic hydroxyl groups is 1. The van der Waals surface area contributed by atoms with E-state index in [1.807, 2.05) is 16.7 Å². The van der Waals surface area contributed by atoms with Crippen LogP contribution in [0.15, 0.2) is 36.8 Å². The lowest BCUT2D eigenvalue weighted by Crippen LogP contribution is -2.04. The van der Waals surface area contributed by atoms with Gasteiger partial charge < -0.3 is 9.67 Å². The number of aromatic nitrogens is 2. The highest BCUT2D eigenvalue weighted by molar-refractivity contribution is 5.31. The van der Waals surface area contributed by atoms with Crippen molar-refractivity contribution in [3.8, 4) is 6.07 Å². The van der Waals surface area contributed by atoms with E-state index >= 15 is 0 Å². The molecule has 0 radical (unpaired) electrons. The maximum absolute atomic E-state index is 8.92. The number of aliphatic hydroxyl groups excluding tert-OH is 1. The molecule has 0 aliphatic carbocycles. The second-order valence-electron chi connectivity index (χ2n) is 3.80. The second kappa shape index (κ2) is 5.28. The molecule has 0 bridgehead atoms. The lowest BCUT2D eigenvalue weighted by molar-refractivity contribution is 0.296. The van der Waals surface area contributed by atoms with E-state index < -0.39 is 0 Å². The van der Waals surface area contributed by atoms with Crippen LogP contribution in [0.1, 0.15) is 16.8 Å². The molecule has 86 valence electrons. The maximum Gasteiger partial charge on any atom is 0.0991 e. The van der Waals surface area contributed by atoms with Gasteiger partial charge in [-0.15, -0.1) is 0 Å². The Labute approximate surface area is 99.8 Å². The summed E-state index contributed by atoms with van der Waals surface area (Å²) in [5.74, 6) is 0. The van der Waals surface area contributed by atoms with E-state index in [1.54, 1.807) is 24.7 Å². The van der Waals surface area contributed by atoms with Crippen LogP contribution >= 0.6 is 0 Å². The quantitative estimate of drug-likeness (QED) is 0.857. The Morgan fingerprint density at radius 3 is 2.71 bits per heavy atom. The average Bonchev–Trinajstić information content (AvgIpc) is 2.78. The van der Waals surface area contributed by atoms with Gasteiger partial charge in [-0.05, 0) is 17.7 Å². The van der Waals surface area contributed by atoms with Gasteiger partial charge in [-0.25, -0.2) is 4.98 Å². The Balaban J connectivity index is 2.14. The van der Waals surface area contributed by atoms with Gasteiger partial charge in [0.2, 0.25) is 0 Å². The number of nitrogens with zero attached hydrogens (tertiary/aromatic N) is 3. The van der Waals surface area contributed by atoms with Gasteiger partial charge in [-0.3, -0.25) is 0 Å². The summed E-state index contributed by atoms with van der Waals surface area (Å²) in [7, 11) is 0. The van der Waals surface area contributed by atoms with Crippen molar-refractivity contribution < 1.29 is 5.11 Å². The fraction of sp³-hybridized carbons (Fsp3) is 0.231. The van der Waals surface area contributed by atoms with Gasteiger partial charge in [0.1, 0.15) is 0 Å². The molecule has 1 aromatic carbocycles. The zero-order valence-corrected chi connectivity index (χ0v) is 9.37. The first-order chi connectivity index (χ1) is 8.33. The topological polar surface area (TPSA) is 61.8 Å². The van der Waals surface area contributed by atoms with Gasteiger partial charge in [0.05, 0.1) is 18.0 Å². The van der Waals surface area contributed by atoms with Crippen LogP contribution in [0.3, 0.4) is 0 Å². The summed E-state index contributed by atoms with van der Waals surface area (Å²) in [5.41, 5.74) is 2.79. The van der Waals surface area contributed by atoms with Crippen LogP contribution in [0.25, 0.3) is 0 Å². The predicted molar refractivity (Wildman–Crippen MR) is 63.3 cm³/mol. The van der Waals surface area contributed by atoms with Crippen molar-refractivity contribution in [1.82, 2.24) is 9.55 Å². The Morgan fingerprint density at radius 2 is 2.06 bits per heavy atom. The molecule has 1 N–H and O–H groups in total. The summed E-state index contributed by atoms with van der Waals surface area (Å²) in [4.78, 5) is 4.07. The van der Waals surface area contributed by atoms with Gasteiger partial charge in [0.15, 0.2) is 0 Å². The number of hydrogen-bond donors (Lipinski definition) is 1. The molecule has 1 aromatic heterocycles. The number of imidazole rings is 1. The van der Waals surface area contributed by atoms with Gasteiger partial charge >= 0.3 is 0 Å². The summed E-state index contributed by atoms with van der Waals surface area (Å²) >= 11 is 0. The molecule has 0 aliphatic heterocycles. The largest absolute Gasteiger partial charge is 0.396 e. The van der Waals surface area contributed by atoms with E-state index in [-0.39, 0.29) is 6.61 Å². The van der Waals surface area contributed by atoms with Crippen LogP contribution in [0.4, 0.5) is 0 Å². The molecule has 4 heteroatoms. The highest BCUT2D eigenvalue weighted by atomic mass is 16.3. The highest BCUT2D eigenvalue weighted by Gasteiger charge is 2.02. The summed E-state index contributed by atoms with van der Waals surface area (Å²) in [6.07, 6.45) is 4.12. The Morgan fingerprint density at radius 1 is 1.29 bits per heavy atom. The fourth-order valence-corrected chi connectivity index (χ4v) is 1.69. The Hall–Kier alpha value is -2.12. The molecular formula is C13H13N3O. The second-order valence-corrected chi connectivity index (χ2v) is 3.80. The summed E-state index contributed by atoms with van der Waals surface area (Å²) in [6, 6.07) is 9.56. The molecule has 0 saturated carbocycles. The smallest absolute Gasteiger partial charge is 0.0991 e. The van der Waals surface area contributed by atoms with Gasteiger partial charge in [-0.2, -0.15) is 5.26 Å². The highest BCUT2D eigenvalue weighted by Crippen LogP contribution is 2.08. The third kappa shape index (κ3) is 2.71. The van der Waals surface area contributed by atoms with Crippen molar-refractivity contribution in [3.63, 3.8) is 0 Å². The van der Waals surface area contributed by atoms with E-state index in [0.717, 1.165) is 11.3 Å². The van der Waals surface area contributed by atoms with E-state index in [1.165, 1.54) is 0 Å². The molecule has 0 atom stereocenters. The zero-order chi connectivity index (χ0) is 12.1. The molecule has 0 saturated heterocycles. The van der Waals surface area contributed by atoms with E-state index in [4.69, 9.17) is 10.4 Å². The molecular weight excluding hydrogens is 214 g/mol. The standard InChI is InChI=1S/C13H13N3O/c14-7-11-1-3-12(4-2-11)9-16-10-15-8-13(16)5-6-17/h1-4,8,10,17H,5-6,9H2. The van der Waals surface area contributed by atoms with Gasteiger partial charge in [0, 0.05) is 31.5 Å². The van der Waals surface area contributed by atoms with Gasteiger partial charge in [-0.1, -0.05) is 12.1 Å². The first kappa shape index (κ1) is 11.4. The third-order valence-electron chi connectivity index (χ3n) is 2.60. The minimum atomic E-state index is 0.124. The van der Waals surface area contributed by atoms with Crippen LogP contribution in [-0.4, -0.2) is 21.3 Å². The Kier molecular flexibility index (Phi) is 3.53. The average molecular weight is 227 g/mol. The van der Waals surface area contributed by atoms with E-state index in [9.17, 15) is 0 Å². The molecule has 0 fully saturated rings. The van der Waals surface area contributed by atoms with Crippen LogP contribution < -0.4 is 0 Å². The molecule has 0 unspecified atom stereocenters. The number of nitriles is 1. The first-order valence-corrected chi connectivity index (χ1v) is 5.42. The maximum atomic E-state index is 8.92. The predicted octanol–water partition coefficient (Wildman–Crippen LogP) is 1.34. The lowest BCUT2D eigenvalue weighted by atomic mass is 10.1. The first-order valence-electron chi connectivity index (χ1n) is 5.42. The minimum absolute atomic E-state index is 0.124. The van der Waals surface area contributed by atoms with Crippen LogP contribution in [-0.2, 0) is 13.0 Å². The molecule has 2 aromatic rings. The van der Waals surface area contributed by atoms with Crippen molar-refractivity contribution >= 4 is 0 Å². The number of rotatable bonds is 4. The third-order valence-corrected chi connectivity index (χ3v) is 2.60. The van der Waals surface area contributed by atoms with Crippen molar-refractivity contribution in [2.45, 2.75) is 13.0 Å². The van der Waals surface area contributed by atoms with Crippen LogP contribution in [0.5, 0.6) is 0 Å². The molecule has 0 amide bonds. The Bertz CT molecular complexity index is 522. The van der Waals surface area contributed by atoms with Crippen molar-refractivity contribution in [1.29, 1.82) is 5.26 Å². The molecule has 1 heterocycles. The molecule has 4 nitrogen and oxygen atoms in total. The van der Waals surface area contributed by atoms with Gasteiger partial charge in [0.25, 0.3) is 0 Å². The molecule has 17 heavy (non-hydrogen) atoms.